The van der Waals surface area contributed by atoms with Crippen LogP contribution < -0.4 is 5.32 Å². The van der Waals surface area contributed by atoms with Crippen molar-refractivity contribution in [2.45, 2.75) is 32.4 Å². The quantitative estimate of drug-likeness (QED) is 0.745. The minimum atomic E-state index is -2.94. The maximum Gasteiger partial charge on any atom is 0.237 e. The normalized spacial score (nSPS) is 30.3. The van der Waals surface area contributed by atoms with E-state index < -0.39 is 9.84 Å². The summed E-state index contributed by atoms with van der Waals surface area (Å²) in [6, 6.07) is 0.274. The first-order chi connectivity index (χ1) is 9.41. The monoisotopic (exact) mass is 303 g/mol. The number of sulfone groups is 1. The predicted molar refractivity (Wildman–Crippen MR) is 78.4 cm³/mol. The van der Waals surface area contributed by atoms with Crippen LogP contribution >= 0.6 is 0 Å². The highest BCUT2D eigenvalue weighted by atomic mass is 32.2. The lowest BCUT2D eigenvalue weighted by molar-refractivity contribution is -0.134. The molecule has 2 aliphatic rings. The van der Waals surface area contributed by atoms with Crippen molar-refractivity contribution in [2.24, 2.45) is 0 Å². The van der Waals surface area contributed by atoms with Crippen molar-refractivity contribution in [3.05, 3.63) is 0 Å². The summed E-state index contributed by atoms with van der Waals surface area (Å²) >= 11 is 0. The lowest BCUT2D eigenvalue weighted by Gasteiger charge is -2.34. The van der Waals surface area contributed by atoms with Crippen LogP contribution in [0.1, 0.15) is 20.3 Å². The first kappa shape index (κ1) is 15.7. The summed E-state index contributed by atoms with van der Waals surface area (Å²) < 4.78 is 23.1. The zero-order valence-electron chi connectivity index (χ0n) is 12.3. The molecular formula is C13H25N3O3S. The Kier molecular flexibility index (Phi) is 5.04. The van der Waals surface area contributed by atoms with E-state index in [0.717, 1.165) is 19.6 Å². The number of nitrogens with zero attached hydrogens (tertiary/aromatic N) is 2. The number of carbonyl (C=O) groups is 1. The number of hydrogen-bond acceptors (Lipinski definition) is 5. The van der Waals surface area contributed by atoms with Gasteiger partial charge < -0.3 is 10.2 Å². The van der Waals surface area contributed by atoms with Gasteiger partial charge in [0.15, 0.2) is 9.84 Å². The van der Waals surface area contributed by atoms with Gasteiger partial charge in [0.05, 0.1) is 18.1 Å². The average molecular weight is 303 g/mol. The summed E-state index contributed by atoms with van der Waals surface area (Å²) in [4.78, 5) is 16.3. The van der Waals surface area contributed by atoms with Crippen LogP contribution in [0.3, 0.4) is 0 Å². The zero-order chi connectivity index (χ0) is 14.8. The number of carbonyl (C=O) groups excluding carboxylic acids is 1. The minimum Gasteiger partial charge on any atom is -0.338 e. The standard InChI is InChI=1S/C13H25N3O3S/c1-3-16(12-4-7-20(18,19)10-12)13(17)9-15-6-5-14-11(2)8-15/h11-12,14H,3-10H2,1-2H3. The number of rotatable bonds is 4. The summed E-state index contributed by atoms with van der Waals surface area (Å²) in [7, 11) is -2.94. The van der Waals surface area contributed by atoms with Crippen LogP contribution in [0.15, 0.2) is 0 Å². The van der Waals surface area contributed by atoms with Gasteiger partial charge in [-0.3, -0.25) is 9.69 Å². The molecule has 0 aromatic carbocycles. The third-order valence-corrected chi connectivity index (χ3v) is 5.87. The molecule has 0 saturated carbocycles. The van der Waals surface area contributed by atoms with E-state index in [1.54, 1.807) is 4.90 Å². The van der Waals surface area contributed by atoms with E-state index in [9.17, 15) is 13.2 Å². The smallest absolute Gasteiger partial charge is 0.237 e. The third kappa shape index (κ3) is 3.93. The number of piperazine rings is 1. The Hall–Kier alpha value is -0.660. The molecule has 2 heterocycles. The van der Waals surface area contributed by atoms with Crippen molar-refractivity contribution < 1.29 is 13.2 Å². The highest BCUT2D eigenvalue weighted by Crippen LogP contribution is 2.18. The van der Waals surface area contributed by atoms with Crippen molar-refractivity contribution in [3.63, 3.8) is 0 Å². The van der Waals surface area contributed by atoms with Gasteiger partial charge in [-0.1, -0.05) is 0 Å². The Morgan fingerprint density at radius 2 is 2.20 bits per heavy atom. The van der Waals surface area contributed by atoms with Gasteiger partial charge >= 0.3 is 0 Å². The Balaban J connectivity index is 1.92. The second-order valence-corrected chi connectivity index (χ2v) is 8.06. The van der Waals surface area contributed by atoms with Crippen LogP contribution in [0.5, 0.6) is 0 Å². The number of nitrogens with one attached hydrogen (secondary N) is 1. The predicted octanol–water partition coefficient (Wildman–Crippen LogP) is -0.684. The maximum atomic E-state index is 12.4. The lowest BCUT2D eigenvalue weighted by Crippen LogP contribution is -2.53. The number of amides is 1. The molecule has 20 heavy (non-hydrogen) atoms. The van der Waals surface area contributed by atoms with E-state index in [1.165, 1.54) is 0 Å². The SMILES string of the molecule is CCN(C(=O)CN1CCNC(C)C1)C1CCS(=O)(=O)C1. The fourth-order valence-electron chi connectivity index (χ4n) is 3.10. The van der Waals surface area contributed by atoms with Gasteiger partial charge in [-0.05, 0) is 20.3 Å². The Morgan fingerprint density at radius 1 is 1.45 bits per heavy atom. The van der Waals surface area contributed by atoms with Gasteiger partial charge in [0, 0.05) is 38.3 Å². The van der Waals surface area contributed by atoms with Crippen LogP contribution in [0.4, 0.5) is 0 Å². The molecule has 6 nitrogen and oxygen atoms in total. The summed E-state index contributed by atoms with van der Waals surface area (Å²) in [5.41, 5.74) is 0. The summed E-state index contributed by atoms with van der Waals surface area (Å²) in [5, 5.41) is 3.35. The molecule has 2 unspecified atom stereocenters. The highest BCUT2D eigenvalue weighted by molar-refractivity contribution is 7.91. The van der Waals surface area contributed by atoms with Gasteiger partial charge in [-0.2, -0.15) is 0 Å². The second-order valence-electron chi connectivity index (χ2n) is 5.83. The molecule has 2 atom stereocenters. The summed E-state index contributed by atoms with van der Waals surface area (Å²) in [6.07, 6.45) is 0.583. The molecule has 0 aromatic rings. The largest absolute Gasteiger partial charge is 0.338 e. The van der Waals surface area contributed by atoms with E-state index in [4.69, 9.17) is 0 Å². The molecule has 2 rings (SSSR count). The van der Waals surface area contributed by atoms with E-state index in [0.29, 0.717) is 25.6 Å². The molecule has 1 amide bonds. The lowest BCUT2D eigenvalue weighted by atomic mass is 10.2. The van der Waals surface area contributed by atoms with E-state index in [1.807, 2.05) is 6.92 Å². The Labute approximate surface area is 121 Å². The number of hydrogen-bond donors (Lipinski definition) is 1. The van der Waals surface area contributed by atoms with Crippen LogP contribution in [0.2, 0.25) is 0 Å². The zero-order valence-corrected chi connectivity index (χ0v) is 13.2. The number of likely N-dealkylation sites (N-methyl/N-ethyl adjacent to an activating group) is 1. The van der Waals surface area contributed by atoms with E-state index >= 15 is 0 Å². The summed E-state index contributed by atoms with van der Waals surface area (Å²) in [6.45, 7) is 7.65. The van der Waals surface area contributed by atoms with Crippen molar-refractivity contribution in [2.75, 3.05) is 44.2 Å². The van der Waals surface area contributed by atoms with E-state index in [-0.39, 0.29) is 23.5 Å². The molecule has 7 heteroatoms. The Bertz CT molecular complexity index is 452. The molecule has 2 fully saturated rings. The molecule has 0 aliphatic carbocycles. The minimum absolute atomic E-state index is 0.0590. The molecule has 2 aliphatic heterocycles. The van der Waals surface area contributed by atoms with Crippen LogP contribution in [0.25, 0.3) is 0 Å². The first-order valence-corrected chi connectivity index (χ1v) is 9.19. The van der Waals surface area contributed by atoms with Crippen LogP contribution in [-0.4, -0.2) is 80.4 Å². The molecule has 116 valence electrons. The maximum absolute atomic E-state index is 12.4. The molecule has 2 saturated heterocycles. The summed E-state index contributed by atoms with van der Waals surface area (Å²) in [5.74, 6) is 0.403. The Morgan fingerprint density at radius 3 is 2.75 bits per heavy atom. The molecule has 0 spiro atoms. The first-order valence-electron chi connectivity index (χ1n) is 7.37. The average Bonchev–Trinajstić information content (AvgIpc) is 2.70. The molecule has 0 radical (unpaired) electrons. The third-order valence-electron chi connectivity index (χ3n) is 4.12. The van der Waals surface area contributed by atoms with Gasteiger partial charge in [0.25, 0.3) is 0 Å². The van der Waals surface area contributed by atoms with Gasteiger partial charge in [0.1, 0.15) is 0 Å². The highest BCUT2D eigenvalue weighted by Gasteiger charge is 2.34. The molecule has 1 N–H and O–H groups in total. The van der Waals surface area contributed by atoms with E-state index in [2.05, 4.69) is 17.1 Å². The topological polar surface area (TPSA) is 69.7 Å². The van der Waals surface area contributed by atoms with Crippen molar-refractivity contribution in [1.82, 2.24) is 15.1 Å². The van der Waals surface area contributed by atoms with Gasteiger partial charge in [-0.25, -0.2) is 8.42 Å². The second kappa shape index (κ2) is 6.41. The fourth-order valence-corrected chi connectivity index (χ4v) is 4.83. The van der Waals surface area contributed by atoms with Crippen LogP contribution in [0, 0.1) is 0 Å². The van der Waals surface area contributed by atoms with Crippen molar-refractivity contribution in [3.8, 4) is 0 Å². The molecule has 0 bridgehead atoms. The van der Waals surface area contributed by atoms with Crippen molar-refractivity contribution in [1.29, 1.82) is 0 Å². The fraction of sp³-hybridized carbons (Fsp3) is 0.923. The molecule has 0 aromatic heterocycles. The van der Waals surface area contributed by atoms with Crippen LogP contribution in [-0.2, 0) is 14.6 Å². The van der Waals surface area contributed by atoms with Gasteiger partial charge in [0.2, 0.25) is 5.91 Å². The molecular weight excluding hydrogens is 278 g/mol. The van der Waals surface area contributed by atoms with Gasteiger partial charge in [-0.15, -0.1) is 0 Å². The van der Waals surface area contributed by atoms with Crippen molar-refractivity contribution >= 4 is 15.7 Å².